The highest BCUT2D eigenvalue weighted by Crippen LogP contribution is 2.30. The summed E-state index contributed by atoms with van der Waals surface area (Å²) in [4.78, 5) is 0. The monoisotopic (exact) mass is 252 g/mol. The first kappa shape index (κ1) is 12.2. The molecule has 0 atom stereocenters. The smallest absolute Gasteiger partial charge is 0.100 e. The predicted octanol–water partition coefficient (Wildman–Crippen LogP) is 4.96. The second-order valence-electron chi connectivity index (χ2n) is 5.89. The Morgan fingerprint density at radius 2 is 1.63 bits per heavy atom. The minimum Gasteiger partial charge on any atom is -0.281 e. The van der Waals surface area contributed by atoms with Crippen LogP contribution in [0.5, 0.6) is 0 Å². The van der Waals surface area contributed by atoms with Crippen LogP contribution in [0.3, 0.4) is 0 Å². The molecular formula is C17H20N2. The van der Waals surface area contributed by atoms with E-state index in [0.29, 0.717) is 11.8 Å². The van der Waals surface area contributed by atoms with Crippen LogP contribution in [0.4, 0.5) is 0 Å². The molecule has 2 heteroatoms. The number of rotatable bonds is 2. The van der Waals surface area contributed by atoms with Crippen LogP contribution in [-0.4, -0.2) is 10.2 Å². The van der Waals surface area contributed by atoms with Crippen molar-refractivity contribution >= 4 is 21.7 Å². The molecular weight excluding hydrogens is 232 g/mol. The maximum Gasteiger partial charge on any atom is 0.100 e. The normalized spacial score (nSPS) is 12.1. The maximum atomic E-state index is 4.54. The van der Waals surface area contributed by atoms with Gasteiger partial charge in [-0.3, -0.25) is 5.10 Å². The predicted molar refractivity (Wildman–Crippen MR) is 81.8 cm³/mol. The lowest BCUT2D eigenvalue weighted by Crippen LogP contribution is -1.88. The van der Waals surface area contributed by atoms with Crippen LogP contribution in [0.15, 0.2) is 30.3 Å². The highest BCUT2D eigenvalue weighted by Gasteiger charge is 2.12. The van der Waals surface area contributed by atoms with E-state index in [1.54, 1.807) is 0 Å². The largest absolute Gasteiger partial charge is 0.281 e. The summed E-state index contributed by atoms with van der Waals surface area (Å²) in [5, 5.41) is 11.5. The van der Waals surface area contributed by atoms with Crippen LogP contribution >= 0.6 is 0 Å². The second-order valence-corrected chi connectivity index (χ2v) is 5.89. The number of aromatic amines is 1. The molecule has 2 nitrogen and oxygen atoms in total. The van der Waals surface area contributed by atoms with Gasteiger partial charge in [0, 0.05) is 16.5 Å². The van der Waals surface area contributed by atoms with Gasteiger partial charge in [-0.15, -0.1) is 0 Å². The summed E-state index contributed by atoms with van der Waals surface area (Å²) in [7, 11) is 0. The zero-order valence-electron chi connectivity index (χ0n) is 12.0. The van der Waals surface area contributed by atoms with Crippen molar-refractivity contribution in [2.45, 2.75) is 39.5 Å². The number of aromatic nitrogens is 2. The highest BCUT2D eigenvalue weighted by atomic mass is 15.1. The first-order valence-corrected chi connectivity index (χ1v) is 6.98. The van der Waals surface area contributed by atoms with Crippen molar-refractivity contribution < 1.29 is 0 Å². The Morgan fingerprint density at radius 1 is 0.895 bits per heavy atom. The maximum absolute atomic E-state index is 4.54. The van der Waals surface area contributed by atoms with Gasteiger partial charge in [0.15, 0.2) is 0 Å². The summed E-state index contributed by atoms with van der Waals surface area (Å²) in [6, 6.07) is 11.1. The number of nitrogens with zero attached hydrogens (tertiary/aromatic N) is 1. The van der Waals surface area contributed by atoms with Gasteiger partial charge in [-0.05, 0) is 28.9 Å². The molecule has 1 N–H and O–H groups in total. The number of nitrogens with one attached hydrogen (secondary N) is 1. The van der Waals surface area contributed by atoms with Crippen LogP contribution in [0.1, 0.15) is 50.8 Å². The van der Waals surface area contributed by atoms with Crippen molar-refractivity contribution in [1.29, 1.82) is 0 Å². The summed E-state index contributed by atoms with van der Waals surface area (Å²) in [5.41, 5.74) is 3.70. The lowest BCUT2D eigenvalue weighted by molar-refractivity contribution is 0.818. The Balaban J connectivity index is 2.35. The van der Waals surface area contributed by atoms with Gasteiger partial charge in [0.2, 0.25) is 0 Å². The molecule has 19 heavy (non-hydrogen) atoms. The molecule has 0 saturated carbocycles. The van der Waals surface area contributed by atoms with Crippen molar-refractivity contribution in [1.82, 2.24) is 10.2 Å². The average molecular weight is 252 g/mol. The van der Waals surface area contributed by atoms with E-state index in [2.05, 4.69) is 68.2 Å². The third kappa shape index (κ3) is 1.92. The van der Waals surface area contributed by atoms with E-state index in [0.717, 1.165) is 5.52 Å². The lowest BCUT2D eigenvalue weighted by atomic mass is 9.97. The Bertz CT molecular complexity index is 735. The molecule has 0 unspecified atom stereocenters. The molecule has 2 aromatic carbocycles. The number of benzene rings is 2. The van der Waals surface area contributed by atoms with Crippen molar-refractivity contribution in [3.63, 3.8) is 0 Å². The van der Waals surface area contributed by atoms with Crippen molar-refractivity contribution in [3.8, 4) is 0 Å². The van der Waals surface area contributed by atoms with E-state index in [4.69, 9.17) is 0 Å². The molecule has 0 aliphatic heterocycles. The molecule has 3 rings (SSSR count). The standard InChI is InChI=1S/C17H20N2/c1-10(2)13-6-5-12-7-8-14-16(11(3)4)18-19-17(14)15(12)9-13/h5-11H,1-4H3,(H,18,19). The zero-order valence-corrected chi connectivity index (χ0v) is 12.0. The highest BCUT2D eigenvalue weighted by molar-refractivity contribution is 6.06. The van der Waals surface area contributed by atoms with Crippen LogP contribution < -0.4 is 0 Å². The zero-order chi connectivity index (χ0) is 13.6. The Morgan fingerprint density at radius 3 is 2.32 bits per heavy atom. The van der Waals surface area contributed by atoms with E-state index in [1.165, 1.54) is 27.4 Å². The molecule has 1 aromatic heterocycles. The Labute approximate surface area is 113 Å². The van der Waals surface area contributed by atoms with Gasteiger partial charge in [0.1, 0.15) is 5.52 Å². The van der Waals surface area contributed by atoms with Crippen LogP contribution in [0.25, 0.3) is 21.7 Å². The van der Waals surface area contributed by atoms with Crippen molar-refractivity contribution in [2.75, 3.05) is 0 Å². The Hall–Kier alpha value is -1.83. The topological polar surface area (TPSA) is 28.7 Å². The van der Waals surface area contributed by atoms with Gasteiger partial charge in [-0.1, -0.05) is 52.0 Å². The van der Waals surface area contributed by atoms with Crippen LogP contribution in [0.2, 0.25) is 0 Å². The molecule has 0 saturated heterocycles. The van der Waals surface area contributed by atoms with E-state index in [1.807, 2.05) is 0 Å². The number of fused-ring (bicyclic) bond motifs is 3. The van der Waals surface area contributed by atoms with E-state index >= 15 is 0 Å². The van der Waals surface area contributed by atoms with Crippen LogP contribution in [-0.2, 0) is 0 Å². The third-order valence-corrected chi connectivity index (χ3v) is 3.84. The molecule has 0 amide bonds. The van der Waals surface area contributed by atoms with Gasteiger partial charge in [0.25, 0.3) is 0 Å². The van der Waals surface area contributed by atoms with Gasteiger partial charge in [-0.25, -0.2) is 0 Å². The first-order chi connectivity index (χ1) is 9.08. The van der Waals surface area contributed by atoms with Crippen molar-refractivity contribution in [2.24, 2.45) is 0 Å². The molecule has 0 radical (unpaired) electrons. The fourth-order valence-electron chi connectivity index (χ4n) is 2.63. The summed E-state index contributed by atoms with van der Waals surface area (Å²) < 4.78 is 0. The molecule has 1 heterocycles. The number of hydrogen-bond donors (Lipinski definition) is 1. The van der Waals surface area contributed by atoms with Gasteiger partial charge >= 0.3 is 0 Å². The summed E-state index contributed by atoms with van der Waals surface area (Å²) in [6.07, 6.45) is 0. The fourth-order valence-corrected chi connectivity index (χ4v) is 2.63. The minimum atomic E-state index is 0.468. The fraction of sp³-hybridized carbons (Fsp3) is 0.353. The molecule has 0 spiro atoms. The Kier molecular flexibility index (Phi) is 2.81. The van der Waals surface area contributed by atoms with Crippen molar-refractivity contribution in [3.05, 3.63) is 41.6 Å². The third-order valence-electron chi connectivity index (χ3n) is 3.84. The first-order valence-electron chi connectivity index (χ1n) is 6.98. The van der Waals surface area contributed by atoms with E-state index in [-0.39, 0.29) is 0 Å². The number of hydrogen-bond acceptors (Lipinski definition) is 1. The summed E-state index contributed by atoms with van der Waals surface area (Å²) >= 11 is 0. The van der Waals surface area contributed by atoms with Gasteiger partial charge in [0.05, 0.1) is 0 Å². The average Bonchev–Trinajstić information content (AvgIpc) is 2.82. The lowest BCUT2D eigenvalue weighted by Gasteiger charge is -2.07. The molecule has 0 aliphatic carbocycles. The minimum absolute atomic E-state index is 0.468. The van der Waals surface area contributed by atoms with E-state index in [9.17, 15) is 0 Å². The molecule has 3 aromatic rings. The number of H-pyrrole nitrogens is 1. The molecule has 0 fully saturated rings. The summed E-state index contributed by atoms with van der Waals surface area (Å²) in [5.74, 6) is 1.01. The van der Waals surface area contributed by atoms with E-state index < -0.39 is 0 Å². The van der Waals surface area contributed by atoms with Gasteiger partial charge < -0.3 is 0 Å². The molecule has 0 bridgehead atoms. The summed E-state index contributed by atoms with van der Waals surface area (Å²) in [6.45, 7) is 8.85. The molecule has 98 valence electrons. The van der Waals surface area contributed by atoms with Gasteiger partial charge in [-0.2, -0.15) is 5.10 Å². The molecule has 0 aliphatic rings. The van der Waals surface area contributed by atoms with Crippen LogP contribution in [0, 0.1) is 0 Å². The quantitative estimate of drug-likeness (QED) is 0.686. The second kappa shape index (κ2) is 4.37. The SMILES string of the molecule is CC(C)c1ccc2ccc3c(C(C)C)[nH]nc3c2c1.